The summed E-state index contributed by atoms with van der Waals surface area (Å²) >= 11 is 0. The van der Waals surface area contributed by atoms with Crippen molar-refractivity contribution in [1.29, 1.82) is 0 Å². The summed E-state index contributed by atoms with van der Waals surface area (Å²) in [5.41, 5.74) is 0. The van der Waals surface area contributed by atoms with Gasteiger partial charge in [-0.3, -0.25) is 0 Å². The molecule has 2 heterocycles. The lowest BCUT2D eigenvalue weighted by molar-refractivity contribution is -0.288. The number of aliphatic hydroxyl groups is 5. The van der Waals surface area contributed by atoms with Gasteiger partial charge in [-0.15, -0.1) is 0 Å². The second kappa shape index (κ2) is 7.56. The number of carboxylic acid groups (broad SMARTS) is 1. The van der Waals surface area contributed by atoms with Gasteiger partial charge in [0, 0.05) is 6.92 Å². The Hall–Kier alpha value is -0.890. The van der Waals surface area contributed by atoms with Crippen molar-refractivity contribution in [2.75, 3.05) is 19.8 Å². The average Bonchev–Trinajstić information content (AvgIpc) is 2.93. The fourth-order valence-electron chi connectivity index (χ4n) is 2.53. The van der Waals surface area contributed by atoms with E-state index in [1.807, 2.05) is 0 Å². The third-order valence-electron chi connectivity index (χ3n) is 3.97. The Labute approximate surface area is 136 Å². The quantitative estimate of drug-likeness (QED) is 0.266. The Morgan fingerprint density at radius 3 is 2.38 bits per heavy atom. The van der Waals surface area contributed by atoms with E-state index in [9.17, 15) is 25.2 Å². The number of carboxylic acids is 1. The van der Waals surface area contributed by atoms with Gasteiger partial charge in [0.1, 0.15) is 36.6 Å². The first-order valence-electron chi connectivity index (χ1n) is 7.35. The van der Waals surface area contributed by atoms with Crippen molar-refractivity contribution in [3.63, 3.8) is 0 Å². The van der Waals surface area contributed by atoms with E-state index in [0.717, 1.165) is 6.92 Å². The number of hydrogen-bond donors (Lipinski definition) is 6. The highest BCUT2D eigenvalue weighted by molar-refractivity contribution is 5.75. The van der Waals surface area contributed by atoms with Crippen molar-refractivity contribution in [2.24, 2.45) is 0 Å². The molecule has 11 nitrogen and oxygen atoms in total. The van der Waals surface area contributed by atoms with Crippen molar-refractivity contribution >= 4 is 5.97 Å². The van der Waals surface area contributed by atoms with Gasteiger partial charge in [0.25, 0.3) is 5.79 Å². The van der Waals surface area contributed by atoms with Crippen LogP contribution in [0.1, 0.15) is 6.92 Å². The number of ether oxygens (including phenoxy) is 4. The fraction of sp³-hybridized carbons (Fsp3) is 0.923. The zero-order valence-corrected chi connectivity index (χ0v) is 12.9. The van der Waals surface area contributed by atoms with E-state index in [0.29, 0.717) is 0 Å². The lowest BCUT2D eigenvalue weighted by atomic mass is 9.99. The molecule has 0 aromatic rings. The number of hydrogen-bond acceptors (Lipinski definition) is 10. The molecule has 8 unspecified atom stereocenters. The van der Waals surface area contributed by atoms with Gasteiger partial charge in [-0.1, -0.05) is 0 Å². The highest BCUT2D eigenvalue weighted by atomic mass is 16.8. The van der Waals surface area contributed by atoms with E-state index in [1.165, 1.54) is 0 Å². The zero-order chi connectivity index (χ0) is 18.1. The number of aliphatic hydroxyl groups excluding tert-OH is 5. The molecule has 2 fully saturated rings. The van der Waals surface area contributed by atoms with E-state index in [2.05, 4.69) is 0 Å². The van der Waals surface area contributed by atoms with Gasteiger partial charge in [0.15, 0.2) is 6.29 Å². The Balaban J connectivity index is 2.05. The second-order valence-corrected chi connectivity index (χ2v) is 5.78. The number of carbonyl (C=O) groups is 1. The van der Waals surface area contributed by atoms with E-state index < -0.39 is 74.5 Å². The molecule has 0 radical (unpaired) electrons. The van der Waals surface area contributed by atoms with Crippen LogP contribution in [0.2, 0.25) is 0 Å². The monoisotopic (exact) mass is 354 g/mol. The lowest BCUT2D eigenvalue weighted by Crippen LogP contribution is -2.58. The molecule has 0 bridgehead atoms. The third kappa shape index (κ3) is 3.69. The van der Waals surface area contributed by atoms with Crippen LogP contribution < -0.4 is 0 Å². The summed E-state index contributed by atoms with van der Waals surface area (Å²) in [7, 11) is 0. The first-order valence-corrected chi connectivity index (χ1v) is 7.35. The maximum Gasteiger partial charge on any atom is 0.364 e. The summed E-state index contributed by atoms with van der Waals surface area (Å²) in [4.78, 5) is 11.2. The molecule has 0 spiro atoms. The molecule has 0 saturated carbocycles. The molecular formula is C13H22O11. The molecular weight excluding hydrogens is 332 g/mol. The summed E-state index contributed by atoms with van der Waals surface area (Å²) in [5.74, 6) is -3.41. The van der Waals surface area contributed by atoms with Crippen LogP contribution in [0.3, 0.4) is 0 Å². The molecule has 140 valence electrons. The van der Waals surface area contributed by atoms with Crippen LogP contribution in [0.4, 0.5) is 0 Å². The maximum atomic E-state index is 11.2. The standard InChI is InChI=1S/C13H22O11/c1-13(12(19)20)23-9-7(3-15)22-11(8(18)10(9)24-13)21-4-6(17)5(16)2-14/h5-11,14-18H,2-4H2,1H3,(H,19,20). The Bertz CT molecular complexity index is 446. The Kier molecular flexibility index (Phi) is 6.12. The van der Waals surface area contributed by atoms with E-state index in [1.54, 1.807) is 0 Å². The van der Waals surface area contributed by atoms with Crippen molar-refractivity contribution in [3.05, 3.63) is 0 Å². The predicted molar refractivity (Wildman–Crippen MR) is 72.6 cm³/mol. The minimum atomic E-state index is -2.01. The van der Waals surface area contributed by atoms with Crippen LogP contribution in [0, 0.1) is 0 Å². The van der Waals surface area contributed by atoms with Gasteiger partial charge in [-0.25, -0.2) is 4.79 Å². The van der Waals surface area contributed by atoms with Crippen molar-refractivity contribution in [1.82, 2.24) is 0 Å². The van der Waals surface area contributed by atoms with Gasteiger partial charge < -0.3 is 49.6 Å². The van der Waals surface area contributed by atoms with Gasteiger partial charge in [-0.2, -0.15) is 0 Å². The average molecular weight is 354 g/mol. The summed E-state index contributed by atoms with van der Waals surface area (Å²) in [6, 6.07) is 0. The number of rotatable bonds is 7. The van der Waals surface area contributed by atoms with E-state index in [4.69, 9.17) is 29.2 Å². The molecule has 2 rings (SSSR count). The topological polar surface area (TPSA) is 175 Å². The van der Waals surface area contributed by atoms with Gasteiger partial charge in [0.05, 0.1) is 19.8 Å². The summed E-state index contributed by atoms with van der Waals surface area (Å²) in [6.07, 6.45) is -8.87. The SMILES string of the molecule is CC1(C(=O)O)OC2C(CO)OC(OCC(O)C(O)CO)C(O)C2O1. The molecule has 0 aromatic carbocycles. The fourth-order valence-corrected chi connectivity index (χ4v) is 2.53. The normalized spacial score (nSPS) is 41.7. The van der Waals surface area contributed by atoms with Crippen molar-refractivity contribution < 1.29 is 54.4 Å². The summed E-state index contributed by atoms with van der Waals surface area (Å²) in [6.45, 7) is -0.548. The molecule has 8 atom stereocenters. The first-order chi connectivity index (χ1) is 11.2. The van der Waals surface area contributed by atoms with Crippen LogP contribution in [0.15, 0.2) is 0 Å². The second-order valence-electron chi connectivity index (χ2n) is 5.78. The van der Waals surface area contributed by atoms with Crippen LogP contribution in [-0.2, 0) is 23.7 Å². The molecule has 6 N–H and O–H groups in total. The molecule has 2 aliphatic heterocycles. The molecule has 0 aromatic heterocycles. The number of fused-ring (bicyclic) bond motifs is 1. The largest absolute Gasteiger partial charge is 0.477 e. The lowest BCUT2D eigenvalue weighted by Gasteiger charge is -2.39. The van der Waals surface area contributed by atoms with Crippen LogP contribution >= 0.6 is 0 Å². The van der Waals surface area contributed by atoms with Crippen LogP contribution in [0.5, 0.6) is 0 Å². The molecule has 0 amide bonds. The molecule has 24 heavy (non-hydrogen) atoms. The first kappa shape index (κ1) is 19.4. The Morgan fingerprint density at radius 1 is 1.21 bits per heavy atom. The summed E-state index contributed by atoms with van der Waals surface area (Å²) < 4.78 is 21.0. The minimum Gasteiger partial charge on any atom is -0.477 e. The number of aliphatic carboxylic acids is 1. The van der Waals surface area contributed by atoms with Crippen molar-refractivity contribution in [2.45, 2.75) is 55.6 Å². The highest BCUT2D eigenvalue weighted by Crippen LogP contribution is 2.38. The van der Waals surface area contributed by atoms with Gasteiger partial charge in [0.2, 0.25) is 0 Å². The zero-order valence-electron chi connectivity index (χ0n) is 12.9. The van der Waals surface area contributed by atoms with E-state index >= 15 is 0 Å². The maximum absolute atomic E-state index is 11.2. The molecule has 2 saturated heterocycles. The molecule has 2 aliphatic rings. The molecule has 0 aliphatic carbocycles. The highest BCUT2D eigenvalue weighted by Gasteiger charge is 2.59. The Morgan fingerprint density at radius 2 is 1.83 bits per heavy atom. The smallest absolute Gasteiger partial charge is 0.364 e. The minimum absolute atomic E-state index is 0.476. The third-order valence-corrected chi connectivity index (χ3v) is 3.97. The van der Waals surface area contributed by atoms with Crippen LogP contribution in [0.25, 0.3) is 0 Å². The van der Waals surface area contributed by atoms with Gasteiger partial charge >= 0.3 is 5.97 Å². The molecule has 11 heteroatoms. The summed E-state index contributed by atoms with van der Waals surface area (Å²) in [5, 5.41) is 56.3. The van der Waals surface area contributed by atoms with E-state index in [-0.39, 0.29) is 0 Å². The van der Waals surface area contributed by atoms with Crippen LogP contribution in [-0.4, -0.2) is 105 Å². The van der Waals surface area contributed by atoms with Crippen molar-refractivity contribution in [3.8, 4) is 0 Å². The predicted octanol–water partition coefficient (Wildman–Crippen LogP) is -3.62. The van der Waals surface area contributed by atoms with Gasteiger partial charge in [-0.05, 0) is 0 Å².